The average Bonchev–Trinajstić information content (AvgIpc) is 3.49. The molecular weight excluding hydrogens is 420 g/mol. The number of nitrogens with zero attached hydrogens (tertiary/aromatic N) is 1. The van der Waals surface area contributed by atoms with Gasteiger partial charge in [0.25, 0.3) is 0 Å². The number of imidazole rings is 1. The maximum absolute atomic E-state index is 14.0. The molecule has 0 unspecified atom stereocenters. The van der Waals surface area contributed by atoms with Crippen LogP contribution in [0.25, 0.3) is 0 Å². The van der Waals surface area contributed by atoms with Gasteiger partial charge in [-0.25, -0.2) is 13.8 Å². The van der Waals surface area contributed by atoms with Crippen LogP contribution in [0.15, 0.2) is 47.8 Å². The van der Waals surface area contributed by atoms with Crippen molar-refractivity contribution in [2.45, 2.75) is 42.5 Å². The molecule has 2 aromatic carbocycles. The van der Waals surface area contributed by atoms with E-state index in [1.807, 2.05) is 12.1 Å². The van der Waals surface area contributed by atoms with Gasteiger partial charge >= 0.3 is 0 Å². The second-order valence-corrected chi connectivity index (χ2v) is 8.75. The van der Waals surface area contributed by atoms with Crippen molar-refractivity contribution in [1.29, 1.82) is 0 Å². The topological polar surface area (TPSA) is 81.8 Å². The summed E-state index contributed by atoms with van der Waals surface area (Å²) in [7, 11) is 0. The molecule has 1 spiro atoms. The first kappa shape index (κ1) is 19.9. The first-order valence-corrected chi connectivity index (χ1v) is 11.0. The van der Waals surface area contributed by atoms with Crippen LogP contribution in [0.2, 0.25) is 0 Å². The summed E-state index contributed by atoms with van der Waals surface area (Å²) in [5, 5.41) is 6.45. The van der Waals surface area contributed by atoms with E-state index < -0.39 is 17.0 Å². The van der Waals surface area contributed by atoms with Gasteiger partial charge < -0.3 is 20.3 Å². The molecule has 2 heterocycles. The fourth-order valence-corrected chi connectivity index (χ4v) is 5.06. The lowest BCUT2D eigenvalue weighted by atomic mass is 9.80. The molecule has 6 nitrogen and oxygen atoms in total. The zero-order chi connectivity index (χ0) is 21.4. The quantitative estimate of drug-likeness (QED) is 0.396. The predicted octanol–water partition coefficient (Wildman–Crippen LogP) is 5.18. The second-order valence-electron chi connectivity index (χ2n) is 7.90. The fourth-order valence-electron chi connectivity index (χ4n) is 4.43. The molecule has 0 saturated heterocycles. The number of halogens is 2. The highest BCUT2D eigenvalue weighted by Crippen LogP contribution is 2.52. The number of carbonyl (C=O) groups is 1. The fraction of sp³-hybridized carbons (Fsp3) is 0.273. The highest BCUT2D eigenvalue weighted by molar-refractivity contribution is 8.00. The van der Waals surface area contributed by atoms with Crippen LogP contribution in [0.3, 0.4) is 0 Å². The van der Waals surface area contributed by atoms with Crippen LogP contribution in [-0.2, 0) is 16.8 Å². The summed E-state index contributed by atoms with van der Waals surface area (Å²) in [6.45, 7) is 0.512. The Balaban J connectivity index is 1.47. The van der Waals surface area contributed by atoms with Crippen molar-refractivity contribution < 1.29 is 13.6 Å². The second kappa shape index (κ2) is 7.88. The minimum absolute atomic E-state index is 0.0407. The highest BCUT2D eigenvalue weighted by atomic mass is 32.2. The molecule has 9 heteroatoms. The molecule has 3 aromatic rings. The van der Waals surface area contributed by atoms with E-state index in [4.69, 9.17) is 0 Å². The molecular formula is C22H21F2N5OS. The number of anilines is 3. The molecule has 1 aliphatic heterocycles. The summed E-state index contributed by atoms with van der Waals surface area (Å²) in [4.78, 5) is 20.3. The van der Waals surface area contributed by atoms with Crippen molar-refractivity contribution in [3.63, 3.8) is 0 Å². The Kier molecular flexibility index (Phi) is 5.05. The third-order valence-corrected chi connectivity index (χ3v) is 6.87. The van der Waals surface area contributed by atoms with Crippen molar-refractivity contribution in [3.05, 3.63) is 65.7 Å². The van der Waals surface area contributed by atoms with Gasteiger partial charge in [0.1, 0.15) is 11.6 Å². The summed E-state index contributed by atoms with van der Waals surface area (Å²) < 4.78 is 30.4. The Bertz CT molecular complexity index is 1130. The summed E-state index contributed by atoms with van der Waals surface area (Å²) in [6, 6.07) is 7.34. The molecule has 160 valence electrons. The summed E-state index contributed by atoms with van der Waals surface area (Å²) in [5.41, 5.74) is 3.69. The molecule has 1 aromatic heterocycles. The van der Waals surface area contributed by atoms with Crippen molar-refractivity contribution in [2.75, 3.05) is 15.4 Å². The normalized spacial score (nSPS) is 16.4. The number of fused-ring (bicyclic) bond motifs is 2. The minimum atomic E-state index is -0.625. The largest absolute Gasteiger partial charge is 0.378 e. The Morgan fingerprint density at radius 2 is 2.00 bits per heavy atom. The number of H-pyrrole nitrogens is 1. The van der Waals surface area contributed by atoms with Crippen LogP contribution in [-0.4, -0.2) is 15.9 Å². The number of aromatic nitrogens is 2. The van der Waals surface area contributed by atoms with Gasteiger partial charge in [-0.2, -0.15) is 0 Å². The van der Waals surface area contributed by atoms with E-state index in [1.54, 1.807) is 12.5 Å². The molecule has 5 rings (SSSR count). The van der Waals surface area contributed by atoms with Gasteiger partial charge in [-0.05, 0) is 54.6 Å². The van der Waals surface area contributed by atoms with Crippen LogP contribution in [0, 0.1) is 11.6 Å². The third-order valence-electron chi connectivity index (χ3n) is 5.98. The SMILES string of the molecule is O=C1Nc2c(NCc3cnc[nH]3)cc(NSc3ccc(F)cc3F)cc2C12CCCC2. The first-order valence-electron chi connectivity index (χ1n) is 10.1. The smallest absolute Gasteiger partial charge is 0.235 e. The summed E-state index contributed by atoms with van der Waals surface area (Å²) in [5.74, 6) is -1.20. The highest BCUT2D eigenvalue weighted by Gasteiger charge is 2.49. The molecule has 2 aliphatic rings. The lowest BCUT2D eigenvalue weighted by Crippen LogP contribution is -2.30. The molecule has 4 N–H and O–H groups in total. The van der Waals surface area contributed by atoms with Crippen molar-refractivity contribution in [2.24, 2.45) is 0 Å². The summed E-state index contributed by atoms with van der Waals surface area (Å²) in [6.07, 6.45) is 7.00. The van der Waals surface area contributed by atoms with Crippen LogP contribution < -0.4 is 15.4 Å². The van der Waals surface area contributed by atoms with E-state index in [2.05, 4.69) is 25.3 Å². The molecule has 1 amide bonds. The molecule has 0 radical (unpaired) electrons. The zero-order valence-electron chi connectivity index (χ0n) is 16.6. The van der Waals surface area contributed by atoms with E-state index in [0.717, 1.165) is 72.0 Å². The van der Waals surface area contributed by atoms with Crippen molar-refractivity contribution in [3.8, 4) is 0 Å². The van der Waals surface area contributed by atoms with Crippen molar-refractivity contribution in [1.82, 2.24) is 9.97 Å². The Morgan fingerprint density at radius 1 is 1.16 bits per heavy atom. The van der Waals surface area contributed by atoms with Crippen LogP contribution in [0.5, 0.6) is 0 Å². The Hall–Kier alpha value is -3.07. The Labute approximate surface area is 182 Å². The van der Waals surface area contributed by atoms with Gasteiger partial charge in [0.05, 0.1) is 40.3 Å². The molecule has 0 atom stereocenters. The zero-order valence-corrected chi connectivity index (χ0v) is 17.4. The van der Waals surface area contributed by atoms with E-state index in [1.165, 1.54) is 12.1 Å². The van der Waals surface area contributed by atoms with Gasteiger partial charge in [0, 0.05) is 18.0 Å². The monoisotopic (exact) mass is 441 g/mol. The summed E-state index contributed by atoms with van der Waals surface area (Å²) >= 11 is 1.07. The van der Waals surface area contributed by atoms with Gasteiger partial charge in [-0.1, -0.05) is 12.8 Å². The molecule has 1 saturated carbocycles. The van der Waals surface area contributed by atoms with Gasteiger partial charge in [-0.3, -0.25) is 4.79 Å². The number of nitrogens with one attached hydrogen (secondary N) is 4. The number of benzene rings is 2. The van der Waals surface area contributed by atoms with Crippen LogP contribution >= 0.6 is 11.9 Å². The maximum atomic E-state index is 14.0. The molecule has 1 fully saturated rings. The van der Waals surface area contributed by atoms with Crippen LogP contribution in [0.4, 0.5) is 25.8 Å². The van der Waals surface area contributed by atoms with Gasteiger partial charge in [0.15, 0.2) is 0 Å². The number of carbonyl (C=O) groups excluding carboxylic acids is 1. The molecule has 1 aliphatic carbocycles. The standard InChI is InChI=1S/C22H21F2N5OS/c23-13-3-4-19(17(24)7-13)31-29-14-8-16-20(28-21(30)22(16)5-1-2-6-22)18(9-14)26-11-15-10-25-12-27-15/h3-4,7-10,12,26,29H,1-2,5-6,11H2,(H,25,27)(H,28,30). The lowest BCUT2D eigenvalue weighted by Gasteiger charge is -2.22. The minimum Gasteiger partial charge on any atom is -0.378 e. The first-order chi connectivity index (χ1) is 15.0. The van der Waals surface area contributed by atoms with Gasteiger partial charge in [0.2, 0.25) is 5.91 Å². The van der Waals surface area contributed by atoms with E-state index in [9.17, 15) is 13.6 Å². The average molecular weight is 442 g/mol. The number of rotatable bonds is 6. The predicted molar refractivity (Wildman–Crippen MR) is 117 cm³/mol. The van der Waals surface area contributed by atoms with E-state index in [0.29, 0.717) is 11.4 Å². The van der Waals surface area contributed by atoms with E-state index in [-0.39, 0.29) is 5.91 Å². The lowest BCUT2D eigenvalue weighted by molar-refractivity contribution is -0.120. The molecule has 0 bridgehead atoms. The Morgan fingerprint density at radius 3 is 2.74 bits per heavy atom. The third kappa shape index (κ3) is 3.63. The maximum Gasteiger partial charge on any atom is 0.235 e. The van der Waals surface area contributed by atoms with Crippen molar-refractivity contribution >= 4 is 34.9 Å². The number of hydrogen-bond acceptors (Lipinski definition) is 5. The number of amides is 1. The number of aromatic amines is 1. The van der Waals surface area contributed by atoms with Crippen LogP contribution in [0.1, 0.15) is 36.9 Å². The van der Waals surface area contributed by atoms with Gasteiger partial charge in [-0.15, -0.1) is 0 Å². The van der Waals surface area contributed by atoms with E-state index >= 15 is 0 Å². The number of hydrogen-bond donors (Lipinski definition) is 4. The molecule has 31 heavy (non-hydrogen) atoms.